The van der Waals surface area contributed by atoms with Crippen molar-refractivity contribution >= 4 is 32.9 Å². The molecule has 3 nitrogen and oxygen atoms in total. The third-order valence-corrected chi connectivity index (χ3v) is 2.57. The van der Waals surface area contributed by atoms with Gasteiger partial charge in [0.2, 0.25) is 0 Å². The lowest BCUT2D eigenvalue weighted by Gasteiger charge is -2.11. The fourth-order valence-electron chi connectivity index (χ4n) is 1.25. The molecule has 0 saturated heterocycles. The highest BCUT2D eigenvalue weighted by atomic mass is 79.9. The van der Waals surface area contributed by atoms with Crippen LogP contribution in [-0.2, 0) is 0 Å². The molecule has 0 atom stereocenters. The molecule has 68 valence electrons. The Kier molecular flexibility index (Phi) is 2.00. The number of anilines is 1. The van der Waals surface area contributed by atoms with E-state index in [9.17, 15) is 0 Å². The molecule has 2 rings (SSSR count). The SMILES string of the molecule is CN(C)c1ccc2c(c1)ncn2Br. The van der Waals surface area contributed by atoms with Crippen LogP contribution < -0.4 is 4.90 Å². The van der Waals surface area contributed by atoms with Crippen LogP contribution in [0.3, 0.4) is 0 Å². The van der Waals surface area contributed by atoms with Crippen molar-refractivity contribution in [3.8, 4) is 0 Å². The number of rotatable bonds is 1. The molecule has 0 aliphatic carbocycles. The number of benzene rings is 1. The number of hydrogen-bond acceptors (Lipinski definition) is 2. The maximum Gasteiger partial charge on any atom is 0.106 e. The van der Waals surface area contributed by atoms with E-state index in [-0.39, 0.29) is 0 Å². The summed E-state index contributed by atoms with van der Waals surface area (Å²) in [6.45, 7) is 0. The highest BCUT2D eigenvalue weighted by molar-refractivity contribution is 9.08. The van der Waals surface area contributed by atoms with Crippen LogP contribution in [-0.4, -0.2) is 22.7 Å². The monoisotopic (exact) mass is 239 g/mol. The summed E-state index contributed by atoms with van der Waals surface area (Å²) in [7, 11) is 4.04. The lowest BCUT2D eigenvalue weighted by atomic mass is 10.2. The predicted octanol–water partition coefficient (Wildman–Crippen LogP) is 2.26. The maximum absolute atomic E-state index is 4.25. The Bertz CT molecular complexity index is 433. The lowest BCUT2D eigenvalue weighted by molar-refractivity contribution is 1.13. The van der Waals surface area contributed by atoms with Gasteiger partial charge in [0, 0.05) is 19.8 Å². The normalized spacial score (nSPS) is 10.7. The Morgan fingerprint density at radius 2 is 2.15 bits per heavy atom. The van der Waals surface area contributed by atoms with Gasteiger partial charge in [-0.3, -0.25) is 3.59 Å². The fourth-order valence-corrected chi connectivity index (χ4v) is 1.64. The van der Waals surface area contributed by atoms with E-state index < -0.39 is 0 Å². The Hall–Kier alpha value is -1.03. The first kappa shape index (κ1) is 8.56. The first-order valence-electron chi connectivity index (χ1n) is 3.99. The summed E-state index contributed by atoms with van der Waals surface area (Å²) >= 11 is 3.37. The van der Waals surface area contributed by atoms with Crippen molar-refractivity contribution in [3.05, 3.63) is 24.5 Å². The summed E-state index contributed by atoms with van der Waals surface area (Å²) < 4.78 is 1.84. The van der Waals surface area contributed by atoms with Gasteiger partial charge in [-0.25, -0.2) is 4.98 Å². The van der Waals surface area contributed by atoms with E-state index in [1.165, 1.54) is 5.69 Å². The zero-order valence-corrected chi connectivity index (χ0v) is 9.12. The first-order chi connectivity index (χ1) is 6.18. The third-order valence-electron chi connectivity index (χ3n) is 2.00. The quantitative estimate of drug-likeness (QED) is 0.762. The van der Waals surface area contributed by atoms with Crippen LogP contribution >= 0.6 is 16.1 Å². The Labute approximate surface area is 85.3 Å². The fraction of sp³-hybridized carbons (Fsp3) is 0.222. The molecule has 0 bridgehead atoms. The number of nitrogens with zero attached hydrogens (tertiary/aromatic N) is 3. The second-order valence-corrected chi connectivity index (χ2v) is 3.89. The number of aromatic nitrogens is 2. The van der Waals surface area contributed by atoms with Gasteiger partial charge in [-0.2, -0.15) is 0 Å². The van der Waals surface area contributed by atoms with E-state index in [1.54, 1.807) is 6.33 Å². The Morgan fingerprint density at radius 3 is 2.85 bits per heavy atom. The van der Waals surface area contributed by atoms with Crippen molar-refractivity contribution in [2.24, 2.45) is 0 Å². The van der Waals surface area contributed by atoms with Crippen LogP contribution in [0.1, 0.15) is 0 Å². The molecule has 0 aliphatic rings. The molecule has 1 aromatic heterocycles. The van der Waals surface area contributed by atoms with Crippen molar-refractivity contribution in [1.82, 2.24) is 8.58 Å². The minimum Gasteiger partial charge on any atom is -0.378 e. The molecule has 1 aromatic carbocycles. The third kappa shape index (κ3) is 1.42. The molecule has 0 spiro atoms. The van der Waals surface area contributed by atoms with E-state index >= 15 is 0 Å². The highest BCUT2D eigenvalue weighted by Crippen LogP contribution is 2.20. The summed E-state index contributed by atoms with van der Waals surface area (Å²) in [6, 6.07) is 6.18. The molecule has 1 heterocycles. The molecule has 0 aliphatic heterocycles. The van der Waals surface area contributed by atoms with Gasteiger partial charge in [-0.1, -0.05) is 0 Å². The van der Waals surface area contributed by atoms with Gasteiger partial charge in [0.1, 0.15) is 6.33 Å². The second-order valence-electron chi connectivity index (χ2n) is 3.12. The van der Waals surface area contributed by atoms with E-state index in [4.69, 9.17) is 0 Å². The summed E-state index contributed by atoms with van der Waals surface area (Å²) in [5.74, 6) is 0. The van der Waals surface area contributed by atoms with Crippen molar-refractivity contribution in [2.45, 2.75) is 0 Å². The van der Waals surface area contributed by atoms with Gasteiger partial charge in [-0.05, 0) is 18.2 Å². The highest BCUT2D eigenvalue weighted by Gasteiger charge is 2.02. The molecule has 0 amide bonds. The molecule has 0 radical (unpaired) electrons. The summed E-state index contributed by atoms with van der Waals surface area (Å²) in [4.78, 5) is 6.31. The van der Waals surface area contributed by atoms with Crippen molar-refractivity contribution in [3.63, 3.8) is 0 Å². The van der Waals surface area contributed by atoms with E-state index in [0.29, 0.717) is 0 Å². The summed E-state index contributed by atoms with van der Waals surface area (Å²) in [5, 5.41) is 0. The number of fused-ring (bicyclic) bond motifs is 1. The van der Waals surface area contributed by atoms with Gasteiger partial charge in [0.25, 0.3) is 0 Å². The van der Waals surface area contributed by atoms with Gasteiger partial charge < -0.3 is 4.90 Å². The molecule has 0 fully saturated rings. The van der Waals surface area contributed by atoms with Crippen LogP contribution in [0.25, 0.3) is 11.0 Å². The van der Waals surface area contributed by atoms with E-state index in [2.05, 4.69) is 38.2 Å². The van der Waals surface area contributed by atoms with Gasteiger partial charge in [-0.15, -0.1) is 0 Å². The minimum atomic E-state index is 1.00. The smallest absolute Gasteiger partial charge is 0.106 e. The zero-order valence-electron chi connectivity index (χ0n) is 7.53. The molecule has 4 heteroatoms. The number of hydrogen-bond donors (Lipinski definition) is 0. The largest absolute Gasteiger partial charge is 0.378 e. The topological polar surface area (TPSA) is 21.1 Å². The van der Waals surface area contributed by atoms with E-state index in [1.807, 2.05) is 23.8 Å². The maximum atomic E-state index is 4.25. The summed E-state index contributed by atoms with van der Waals surface area (Å²) in [6.07, 6.45) is 1.75. The average Bonchev–Trinajstić information content (AvgIpc) is 2.47. The molecular formula is C9H10BrN3. The van der Waals surface area contributed by atoms with Crippen molar-refractivity contribution in [1.29, 1.82) is 0 Å². The summed E-state index contributed by atoms with van der Waals surface area (Å²) in [5.41, 5.74) is 3.26. The Balaban J connectivity index is 2.63. The molecule has 0 saturated carbocycles. The molecular weight excluding hydrogens is 230 g/mol. The van der Waals surface area contributed by atoms with Gasteiger partial charge >= 0.3 is 0 Å². The zero-order chi connectivity index (χ0) is 9.42. The Morgan fingerprint density at radius 1 is 1.38 bits per heavy atom. The first-order valence-corrected chi connectivity index (χ1v) is 4.70. The van der Waals surface area contributed by atoms with E-state index in [0.717, 1.165) is 11.0 Å². The lowest BCUT2D eigenvalue weighted by Crippen LogP contribution is -2.07. The van der Waals surface area contributed by atoms with Crippen LogP contribution in [0.2, 0.25) is 0 Å². The number of halogens is 1. The predicted molar refractivity (Wildman–Crippen MR) is 58.4 cm³/mol. The average molecular weight is 240 g/mol. The van der Waals surface area contributed by atoms with Crippen LogP contribution in [0.15, 0.2) is 24.5 Å². The van der Waals surface area contributed by atoms with Crippen LogP contribution in [0.4, 0.5) is 5.69 Å². The minimum absolute atomic E-state index is 1.00. The van der Waals surface area contributed by atoms with Crippen molar-refractivity contribution in [2.75, 3.05) is 19.0 Å². The molecule has 0 N–H and O–H groups in total. The van der Waals surface area contributed by atoms with Crippen molar-refractivity contribution < 1.29 is 0 Å². The molecule has 2 aromatic rings. The van der Waals surface area contributed by atoms with Gasteiger partial charge in [0.05, 0.1) is 27.2 Å². The van der Waals surface area contributed by atoms with Crippen LogP contribution in [0, 0.1) is 0 Å². The molecule has 0 unspecified atom stereocenters. The second kappa shape index (κ2) is 3.03. The number of imidazole rings is 1. The molecule has 13 heavy (non-hydrogen) atoms. The standard InChI is InChI=1S/C9H10BrN3/c1-12(2)7-3-4-9-8(5-7)11-6-13(9)10/h3-6H,1-2H3. The van der Waals surface area contributed by atoms with Crippen LogP contribution in [0.5, 0.6) is 0 Å². The van der Waals surface area contributed by atoms with Gasteiger partial charge in [0.15, 0.2) is 0 Å².